The Hall–Kier alpha value is -1.06. The summed E-state index contributed by atoms with van der Waals surface area (Å²) in [6, 6.07) is 3.71. The number of halogens is 1. The van der Waals surface area contributed by atoms with Gasteiger partial charge in [-0.25, -0.2) is 9.97 Å². The van der Waals surface area contributed by atoms with E-state index < -0.39 is 0 Å². The van der Waals surface area contributed by atoms with Gasteiger partial charge in [0.25, 0.3) is 0 Å². The third-order valence-corrected chi connectivity index (χ3v) is 5.95. The fourth-order valence-electron chi connectivity index (χ4n) is 3.82. The molecule has 1 atom stereocenters. The van der Waals surface area contributed by atoms with Crippen LogP contribution >= 0.6 is 30.4 Å². The van der Waals surface area contributed by atoms with Crippen LogP contribution in [-0.2, 0) is 16.0 Å². The number of aromatic nitrogens is 2. The van der Waals surface area contributed by atoms with Crippen molar-refractivity contribution in [2.75, 3.05) is 12.3 Å². The molecular formula is C18H22IN3O2S. The maximum absolute atomic E-state index is 10.6. The Labute approximate surface area is 164 Å². The molecule has 0 aliphatic heterocycles. The standard InChI is InChI=1S/C18H22IN3O2S/c1-10(6-7-24-25-19)14-12-8-18(2,3)15-16(21-9-22-17(15)20)11(12)4-5-13(14)23/h4-5,9-10,23H,6-8H2,1-3H3,(H2,20,21,22). The first-order valence-electron chi connectivity index (χ1n) is 8.23. The molecule has 1 aliphatic carbocycles. The zero-order chi connectivity index (χ0) is 18.2. The van der Waals surface area contributed by atoms with E-state index in [0.717, 1.165) is 40.8 Å². The molecule has 3 N–H and O–H groups in total. The van der Waals surface area contributed by atoms with Gasteiger partial charge < -0.3 is 15.0 Å². The van der Waals surface area contributed by atoms with E-state index in [2.05, 4.69) is 51.9 Å². The number of nitrogens with zero attached hydrogens (tertiary/aromatic N) is 2. The van der Waals surface area contributed by atoms with E-state index in [1.54, 1.807) is 6.07 Å². The summed E-state index contributed by atoms with van der Waals surface area (Å²) in [6.45, 7) is 7.09. The van der Waals surface area contributed by atoms with Crippen molar-refractivity contribution in [2.45, 2.75) is 44.9 Å². The van der Waals surface area contributed by atoms with E-state index in [0.29, 0.717) is 18.2 Å². The van der Waals surface area contributed by atoms with Gasteiger partial charge in [0.1, 0.15) is 17.9 Å². The first-order chi connectivity index (χ1) is 11.9. The lowest BCUT2D eigenvalue weighted by Crippen LogP contribution is -2.29. The zero-order valence-corrected chi connectivity index (χ0v) is 17.5. The maximum atomic E-state index is 10.6. The first-order valence-corrected chi connectivity index (χ1v) is 11.5. The maximum Gasteiger partial charge on any atom is 0.131 e. The highest BCUT2D eigenvalue weighted by Crippen LogP contribution is 2.48. The quantitative estimate of drug-likeness (QED) is 0.372. The largest absolute Gasteiger partial charge is 0.508 e. The summed E-state index contributed by atoms with van der Waals surface area (Å²) >= 11 is 2.12. The number of anilines is 1. The van der Waals surface area contributed by atoms with E-state index >= 15 is 0 Å². The average Bonchev–Trinajstić information content (AvgIpc) is 2.54. The molecule has 25 heavy (non-hydrogen) atoms. The average molecular weight is 471 g/mol. The van der Waals surface area contributed by atoms with Crippen molar-refractivity contribution in [3.63, 3.8) is 0 Å². The van der Waals surface area contributed by atoms with Crippen LogP contribution in [0.5, 0.6) is 5.75 Å². The van der Waals surface area contributed by atoms with Crippen LogP contribution < -0.4 is 5.73 Å². The summed E-state index contributed by atoms with van der Waals surface area (Å²) in [6.07, 6.45) is 3.16. The third kappa shape index (κ3) is 3.46. The number of rotatable bonds is 5. The van der Waals surface area contributed by atoms with Crippen LogP contribution in [0.1, 0.15) is 49.8 Å². The van der Waals surface area contributed by atoms with Crippen LogP contribution in [0, 0.1) is 0 Å². The van der Waals surface area contributed by atoms with Crippen LogP contribution in [-0.4, -0.2) is 21.7 Å². The molecule has 1 aromatic heterocycles. The molecule has 5 nitrogen and oxygen atoms in total. The van der Waals surface area contributed by atoms with Gasteiger partial charge in [-0.15, -0.1) is 0 Å². The Morgan fingerprint density at radius 1 is 1.40 bits per heavy atom. The fourth-order valence-corrected chi connectivity index (χ4v) is 4.51. The first kappa shape index (κ1) is 18.7. The van der Waals surface area contributed by atoms with Gasteiger partial charge in [0, 0.05) is 37.9 Å². The van der Waals surface area contributed by atoms with Crippen LogP contribution in [0.25, 0.3) is 11.3 Å². The van der Waals surface area contributed by atoms with Gasteiger partial charge in [-0.3, -0.25) is 0 Å². The van der Waals surface area contributed by atoms with Crippen molar-refractivity contribution in [3.8, 4) is 17.0 Å². The molecule has 3 rings (SSSR count). The molecule has 134 valence electrons. The van der Waals surface area contributed by atoms with Gasteiger partial charge in [0.2, 0.25) is 0 Å². The van der Waals surface area contributed by atoms with E-state index in [9.17, 15) is 5.11 Å². The second-order valence-corrected chi connectivity index (χ2v) is 8.58. The number of aromatic hydroxyl groups is 1. The van der Waals surface area contributed by atoms with Crippen LogP contribution in [0.4, 0.5) is 5.82 Å². The summed E-state index contributed by atoms with van der Waals surface area (Å²) < 4.78 is 5.41. The molecule has 1 aliphatic rings. The molecule has 1 aromatic carbocycles. The van der Waals surface area contributed by atoms with Crippen molar-refractivity contribution in [1.29, 1.82) is 0 Å². The number of nitrogens with two attached hydrogens (primary N) is 1. The molecule has 7 heteroatoms. The van der Waals surface area contributed by atoms with Crippen molar-refractivity contribution in [1.82, 2.24) is 9.97 Å². The Bertz CT molecular complexity index is 798. The van der Waals surface area contributed by atoms with Crippen LogP contribution in [0.15, 0.2) is 18.5 Å². The summed E-state index contributed by atoms with van der Waals surface area (Å²) in [7, 11) is 1.34. The Kier molecular flexibility index (Phi) is 5.45. The lowest BCUT2D eigenvalue weighted by molar-refractivity contribution is 0.352. The summed E-state index contributed by atoms with van der Waals surface area (Å²) in [5, 5.41) is 10.6. The molecule has 1 heterocycles. The van der Waals surface area contributed by atoms with Crippen LogP contribution in [0.3, 0.4) is 0 Å². The number of phenols is 1. The third-order valence-electron chi connectivity index (χ3n) is 4.93. The van der Waals surface area contributed by atoms with Crippen LogP contribution in [0.2, 0.25) is 0 Å². The Morgan fingerprint density at radius 2 is 2.16 bits per heavy atom. The van der Waals surface area contributed by atoms with Gasteiger partial charge in [-0.2, -0.15) is 0 Å². The number of fused-ring (bicyclic) bond motifs is 3. The van der Waals surface area contributed by atoms with E-state index in [1.807, 2.05) is 6.07 Å². The zero-order valence-electron chi connectivity index (χ0n) is 14.5. The number of phenolic OH excluding ortho intramolecular Hbond substituents is 1. The monoisotopic (exact) mass is 471 g/mol. The molecule has 0 fully saturated rings. The molecule has 1 unspecified atom stereocenters. The van der Waals surface area contributed by atoms with Gasteiger partial charge in [0.15, 0.2) is 0 Å². The smallest absolute Gasteiger partial charge is 0.131 e. The molecule has 0 amide bonds. The predicted octanol–water partition coefficient (Wildman–Crippen LogP) is 4.77. The number of benzene rings is 1. The second-order valence-electron chi connectivity index (χ2n) is 7.14. The molecule has 2 aromatic rings. The molecule has 0 radical (unpaired) electrons. The van der Waals surface area contributed by atoms with Gasteiger partial charge in [0.05, 0.1) is 21.5 Å². The topological polar surface area (TPSA) is 81.3 Å². The lowest BCUT2D eigenvalue weighted by atomic mass is 9.69. The number of hydrogen-bond acceptors (Lipinski definition) is 6. The SMILES string of the molecule is CC(CCOSI)c1c(O)ccc2c1CC(C)(C)c1c(N)ncnc1-2. The summed E-state index contributed by atoms with van der Waals surface area (Å²) in [4.78, 5) is 8.70. The van der Waals surface area contributed by atoms with E-state index in [4.69, 9.17) is 9.92 Å². The fraction of sp³-hybridized carbons (Fsp3) is 0.444. The van der Waals surface area contributed by atoms with Gasteiger partial charge in [-0.1, -0.05) is 20.8 Å². The second kappa shape index (κ2) is 7.28. The minimum absolute atomic E-state index is 0.190. The highest BCUT2D eigenvalue weighted by atomic mass is 127. The molecule has 0 bridgehead atoms. The highest BCUT2D eigenvalue weighted by molar-refractivity contribution is 14.2. The number of nitrogen functional groups attached to an aromatic ring is 1. The van der Waals surface area contributed by atoms with E-state index in [-0.39, 0.29) is 11.3 Å². The summed E-state index contributed by atoms with van der Waals surface area (Å²) in [5.41, 5.74) is 11.1. The summed E-state index contributed by atoms with van der Waals surface area (Å²) in [5.74, 6) is 1.07. The minimum Gasteiger partial charge on any atom is -0.508 e. The molecule has 0 saturated heterocycles. The van der Waals surface area contributed by atoms with Crippen molar-refractivity contribution in [3.05, 3.63) is 35.2 Å². The lowest BCUT2D eigenvalue weighted by Gasteiger charge is -2.35. The molecule has 0 spiro atoms. The highest BCUT2D eigenvalue weighted by Gasteiger charge is 2.36. The van der Waals surface area contributed by atoms with Crippen molar-refractivity contribution in [2.24, 2.45) is 0 Å². The van der Waals surface area contributed by atoms with Crippen molar-refractivity contribution >= 4 is 36.2 Å². The van der Waals surface area contributed by atoms with Crippen molar-refractivity contribution < 1.29 is 9.29 Å². The Balaban J connectivity index is 2.13. The predicted molar refractivity (Wildman–Crippen MR) is 111 cm³/mol. The molecule has 0 saturated carbocycles. The molecular weight excluding hydrogens is 449 g/mol. The van der Waals surface area contributed by atoms with Gasteiger partial charge in [-0.05, 0) is 41.9 Å². The Morgan fingerprint density at radius 3 is 2.88 bits per heavy atom. The van der Waals surface area contributed by atoms with Gasteiger partial charge >= 0.3 is 0 Å². The number of hydrogen-bond donors (Lipinski definition) is 2. The van der Waals surface area contributed by atoms with E-state index in [1.165, 1.54) is 15.5 Å². The minimum atomic E-state index is -0.190. The normalized spacial score (nSPS) is 16.2.